The van der Waals surface area contributed by atoms with Crippen LogP contribution in [-0.2, 0) is 18.7 Å². The summed E-state index contributed by atoms with van der Waals surface area (Å²) in [5.74, 6) is -0.194. The smallest absolute Gasteiger partial charge is 0.202 e. The first-order valence-corrected chi connectivity index (χ1v) is 19.9. The van der Waals surface area contributed by atoms with Crippen molar-refractivity contribution in [3.8, 4) is 0 Å². The molecule has 2 rings (SSSR count). The Balaban J connectivity index is 2.59. The van der Waals surface area contributed by atoms with Gasteiger partial charge in [-0.2, -0.15) is 0 Å². The zero-order valence-corrected chi connectivity index (χ0v) is 26.3. The van der Waals surface area contributed by atoms with E-state index in [4.69, 9.17) is 8.85 Å². The molecule has 0 aliphatic heterocycles. The first kappa shape index (κ1) is 29.5. The van der Waals surface area contributed by atoms with Gasteiger partial charge in [0.05, 0.1) is 22.0 Å². The third-order valence-electron chi connectivity index (χ3n) is 8.45. The fourth-order valence-corrected chi connectivity index (χ4v) is 8.59. The molecule has 1 aliphatic rings. The van der Waals surface area contributed by atoms with E-state index >= 15 is 0 Å². The van der Waals surface area contributed by atoms with Crippen molar-refractivity contribution in [1.82, 2.24) is 0 Å². The van der Waals surface area contributed by atoms with Crippen LogP contribution in [0.15, 0.2) is 46.2 Å². The highest BCUT2D eigenvalue weighted by atomic mass is 32.2. The van der Waals surface area contributed by atoms with Gasteiger partial charge < -0.3 is 8.85 Å². The molecule has 0 heterocycles. The average Bonchev–Trinajstić information content (AvgIpc) is 2.79. The minimum Gasteiger partial charge on any atom is -0.413 e. The SMILES string of the molecule is C[C@@H]1[C@H](O[Si](C)(C)C(C)(C)C)[C@H](C)C(S(=O)(=O)c2ccccc2)=CC[C@H]1O[Si](C)(C)C(C)(C)C. The average molecular weight is 525 g/mol. The lowest BCUT2D eigenvalue weighted by atomic mass is 9.91. The second kappa shape index (κ2) is 9.96. The van der Waals surface area contributed by atoms with Crippen LogP contribution in [0.1, 0.15) is 61.8 Å². The third-order valence-corrected chi connectivity index (χ3v) is 19.5. The lowest BCUT2D eigenvalue weighted by molar-refractivity contribution is 0.0222. The van der Waals surface area contributed by atoms with E-state index in [1.807, 2.05) is 19.1 Å². The molecular weight excluding hydrogens is 477 g/mol. The van der Waals surface area contributed by atoms with Gasteiger partial charge in [0.15, 0.2) is 16.6 Å². The van der Waals surface area contributed by atoms with Gasteiger partial charge in [-0.3, -0.25) is 0 Å². The number of benzene rings is 1. The maximum atomic E-state index is 13.8. The Morgan fingerprint density at radius 3 is 1.76 bits per heavy atom. The van der Waals surface area contributed by atoms with Crippen molar-refractivity contribution in [3.63, 3.8) is 0 Å². The molecule has 1 aromatic rings. The molecule has 0 unspecified atom stereocenters. The molecule has 4 atom stereocenters. The molecule has 1 aliphatic carbocycles. The Labute approximate surface area is 211 Å². The molecule has 0 fully saturated rings. The zero-order chi connectivity index (χ0) is 26.3. The molecule has 0 aromatic heterocycles. The lowest BCUT2D eigenvalue weighted by Gasteiger charge is -2.45. The van der Waals surface area contributed by atoms with Crippen LogP contribution in [0.2, 0.25) is 36.3 Å². The Bertz CT molecular complexity index is 970. The van der Waals surface area contributed by atoms with Gasteiger partial charge in [0, 0.05) is 11.8 Å². The van der Waals surface area contributed by atoms with Crippen LogP contribution in [0, 0.1) is 11.8 Å². The van der Waals surface area contributed by atoms with Gasteiger partial charge in [-0.05, 0) is 54.8 Å². The Hall–Kier alpha value is -0.736. The van der Waals surface area contributed by atoms with Crippen LogP contribution in [0.3, 0.4) is 0 Å². The summed E-state index contributed by atoms with van der Waals surface area (Å²) >= 11 is 0. The normalized spacial score (nSPS) is 25.6. The predicted octanol–water partition coefficient (Wildman–Crippen LogP) is 7.80. The summed E-state index contributed by atoms with van der Waals surface area (Å²) in [7, 11) is -7.84. The highest BCUT2D eigenvalue weighted by molar-refractivity contribution is 7.95. The number of sulfone groups is 1. The van der Waals surface area contributed by atoms with Gasteiger partial charge in [-0.1, -0.05) is 79.7 Å². The van der Waals surface area contributed by atoms with Crippen molar-refractivity contribution in [1.29, 1.82) is 0 Å². The minimum atomic E-state index is -3.63. The third kappa shape index (κ3) is 6.14. The van der Waals surface area contributed by atoms with E-state index in [2.05, 4.69) is 74.7 Å². The van der Waals surface area contributed by atoms with Gasteiger partial charge >= 0.3 is 0 Å². The van der Waals surface area contributed by atoms with Gasteiger partial charge in [0.25, 0.3) is 0 Å². The minimum absolute atomic E-state index is 0.0245. The van der Waals surface area contributed by atoms with Crippen molar-refractivity contribution in [2.45, 2.75) is 115 Å². The molecule has 34 heavy (non-hydrogen) atoms. The lowest BCUT2D eigenvalue weighted by Crippen LogP contribution is -2.51. The second-order valence-electron chi connectivity index (χ2n) is 13.1. The molecule has 0 amide bonds. The van der Waals surface area contributed by atoms with Crippen LogP contribution in [-0.4, -0.2) is 37.3 Å². The molecule has 0 N–H and O–H groups in total. The second-order valence-corrected chi connectivity index (χ2v) is 24.5. The van der Waals surface area contributed by atoms with Crippen molar-refractivity contribution in [2.24, 2.45) is 11.8 Å². The van der Waals surface area contributed by atoms with Gasteiger partial charge in [-0.15, -0.1) is 0 Å². The Kier molecular flexibility index (Phi) is 8.64. The topological polar surface area (TPSA) is 52.6 Å². The standard InChI is InChI=1S/C27H48O4SSi2/c1-20-23(30-33(9,10)26(3,4)5)18-19-24(32(28,29)22-16-14-13-15-17-22)21(2)25(20)31-34(11,12)27(6,7)8/h13-17,19-21,23,25H,18H2,1-12H3/t20-,21+,23+,25-/m0/s1. The summed E-state index contributed by atoms with van der Waals surface area (Å²) in [4.78, 5) is 0.811. The van der Waals surface area contributed by atoms with Crippen molar-refractivity contribution in [2.75, 3.05) is 0 Å². The van der Waals surface area contributed by atoms with Crippen LogP contribution >= 0.6 is 0 Å². The maximum Gasteiger partial charge on any atom is 0.202 e. The number of hydrogen-bond acceptors (Lipinski definition) is 4. The predicted molar refractivity (Wildman–Crippen MR) is 149 cm³/mol. The molecule has 0 bridgehead atoms. The van der Waals surface area contributed by atoms with E-state index < -0.39 is 26.5 Å². The van der Waals surface area contributed by atoms with Crippen LogP contribution < -0.4 is 0 Å². The van der Waals surface area contributed by atoms with Crippen LogP contribution in [0.4, 0.5) is 0 Å². The van der Waals surface area contributed by atoms with Gasteiger partial charge in [-0.25, -0.2) is 8.42 Å². The number of rotatable bonds is 6. The monoisotopic (exact) mass is 524 g/mol. The van der Waals surface area contributed by atoms with E-state index in [1.165, 1.54) is 0 Å². The molecule has 4 nitrogen and oxygen atoms in total. The highest BCUT2D eigenvalue weighted by Gasteiger charge is 2.48. The largest absolute Gasteiger partial charge is 0.413 e. The maximum absolute atomic E-state index is 13.8. The first-order chi connectivity index (χ1) is 15.2. The van der Waals surface area contributed by atoms with E-state index in [0.717, 1.165) is 0 Å². The molecule has 7 heteroatoms. The van der Waals surface area contributed by atoms with Crippen molar-refractivity contribution < 1.29 is 17.3 Å². The molecule has 0 radical (unpaired) electrons. The summed E-state index contributed by atoms with van der Waals surface area (Å²) in [5.41, 5.74) is 0. The van der Waals surface area contributed by atoms with E-state index in [9.17, 15) is 8.42 Å². The fraction of sp³-hybridized carbons (Fsp3) is 0.704. The fourth-order valence-electron chi connectivity index (χ4n) is 3.99. The first-order valence-electron chi connectivity index (χ1n) is 12.6. The molecule has 194 valence electrons. The van der Waals surface area contributed by atoms with E-state index in [-0.39, 0.29) is 34.1 Å². The zero-order valence-electron chi connectivity index (χ0n) is 23.5. The summed E-state index contributed by atoms with van der Waals surface area (Å²) < 4.78 is 41.5. The molecule has 0 spiro atoms. The summed E-state index contributed by atoms with van der Waals surface area (Å²) in [6.45, 7) is 26.7. The Morgan fingerprint density at radius 2 is 1.29 bits per heavy atom. The van der Waals surface area contributed by atoms with Crippen molar-refractivity contribution >= 4 is 26.5 Å². The summed E-state index contributed by atoms with van der Waals surface area (Å²) in [6.07, 6.45) is 2.19. The van der Waals surface area contributed by atoms with E-state index in [1.54, 1.807) is 24.3 Å². The molecule has 1 aromatic carbocycles. The molecule has 0 saturated heterocycles. The summed E-state index contributed by atoms with van der Waals surface area (Å²) in [5, 5.41) is 0.0970. The Morgan fingerprint density at radius 1 is 0.824 bits per heavy atom. The van der Waals surface area contributed by atoms with Gasteiger partial charge in [0.2, 0.25) is 9.84 Å². The van der Waals surface area contributed by atoms with Gasteiger partial charge in [0.1, 0.15) is 0 Å². The molecular formula is C27H48O4SSi2. The summed E-state index contributed by atoms with van der Waals surface area (Å²) in [6, 6.07) is 8.78. The highest BCUT2D eigenvalue weighted by Crippen LogP contribution is 2.45. The quantitative estimate of drug-likeness (QED) is 0.356. The van der Waals surface area contributed by atoms with Crippen molar-refractivity contribution in [3.05, 3.63) is 41.3 Å². The van der Waals surface area contributed by atoms with Crippen LogP contribution in [0.25, 0.3) is 0 Å². The number of hydrogen-bond donors (Lipinski definition) is 0. The van der Waals surface area contributed by atoms with E-state index in [0.29, 0.717) is 16.2 Å². The molecule has 0 saturated carbocycles. The van der Waals surface area contributed by atoms with Crippen LogP contribution in [0.5, 0.6) is 0 Å².